The zero-order chi connectivity index (χ0) is 13.9. The molecule has 1 saturated heterocycles. The summed E-state index contributed by atoms with van der Waals surface area (Å²) in [7, 11) is 0. The Morgan fingerprint density at radius 1 is 1.25 bits per heavy atom. The first-order chi connectivity index (χ1) is 9.74. The highest BCUT2D eigenvalue weighted by atomic mass is 16.3. The van der Waals surface area contributed by atoms with E-state index >= 15 is 0 Å². The van der Waals surface area contributed by atoms with E-state index in [2.05, 4.69) is 10.6 Å². The van der Waals surface area contributed by atoms with Gasteiger partial charge in [0.2, 0.25) is 0 Å². The van der Waals surface area contributed by atoms with E-state index in [9.17, 15) is 9.59 Å². The molecule has 6 heteroatoms. The Balaban J connectivity index is 1.70. The van der Waals surface area contributed by atoms with Gasteiger partial charge < -0.3 is 15.1 Å². The van der Waals surface area contributed by atoms with Gasteiger partial charge in [-0.2, -0.15) is 0 Å². The highest BCUT2D eigenvalue weighted by Gasteiger charge is 2.20. The second kappa shape index (κ2) is 5.08. The Hall–Kier alpha value is -2.76. The third-order valence-corrected chi connectivity index (χ3v) is 3.04. The summed E-state index contributed by atoms with van der Waals surface area (Å²) in [5.41, 5.74) is 1.45. The Labute approximate surface area is 115 Å². The predicted octanol–water partition coefficient (Wildman–Crippen LogP) is 2.06. The lowest BCUT2D eigenvalue weighted by molar-refractivity contribution is 0.0996. The van der Waals surface area contributed by atoms with Gasteiger partial charge in [-0.3, -0.25) is 9.69 Å². The number of benzene rings is 1. The maximum Gasteiger partial charge on any atom is 0.321 e. The number of furan rings is 1. The van der Waals surface area contributed by atoms with Crippen LogP contribution in [-0.2, 0) is 0 Å². The second-order valence-corrected chi connectivity index (χ2v) is 4.36. The minimum Gasteiger partial charge on any atom is -0.459 e. The molecule has 0 saturated carbocycles. The molecule has 0 spiro atoms. The fraction of sp³-hybridized carbons (Fsp3) is 0.143. The molecule has 0 atom stereocenters. The van der Waals surface area contributed by atoms with Crippen molar-refractivity contribution in [1.29, 1.82) is 0 Å². The monoisotopic (exact) mass is 271 g/mol. The van der Waals surface area contributed by atoms with Crippen LogP contribution >= 0.6 is 0 Å². The Morgan fingerprint density at radius 2 is 2.05 bits per heavy atom. The van der Waals surface area contributed by atoms with Gasteiger partial charge in [0.05, 0.1) is 6.26 Å². The van der Waals surface area contributed by atoms with Crippen LogP contribution in [-0.4, -0.2) is 25.0 Å². The molecule has 3 amide bonds. The van der Waals surface area contributed by atoms with Gasteiger partial charge in [-0.15, -0.1) is 0 Å². The summed E-state index contributed by atoms with van der Waals surface area (Å²) in [6.45, 7) is 1.30. The zero-order valence-electron chi connectivity index (χ0n) is 10.6. The summed E-state index contributed by atoms with van der Waals surface area (Å²) in [6, 6.07) is 10.2. The molecule has 0 radical (unpaired) electrons. The van der Waals surface area contributed by atoms with Gasteiger partial charge in [-0.1, -0.05) is 0 Å². The van der Waals surface area contributed by atoms with Crippen LogP contribution in [0.4, 0.5) is 16.2 Å². The molecule has 1 aromatic carbocycles. The van der Waals surface area contributed by atoms with Gasteiger partial charge >= 0.3 is 6.03 Å². The van der Waals surface area contributed by atoms with Crippen LogP contribution in [0.15, 0.2) is 47.1 Å². The van der Waals surface area contributed by atoms with Crippen LogP contribution in [0.2, 0.25) is 0 Å². The van der Waals surface area contributed by atoms with Gasteiger partial charge in [0, 0.05) is 24.5 Å². The first-order valence-corrected chi connectivity index (χ1v) is 6.24. The normalized spacial score (nSPS) is 14.2. The Kier molecular flexibility index (Phi) is 3.12. The number of hydrogen-bond acceptors (Lipinski definition) is 3. The van der Waals surface area contributed by atoms with Crippen LogP contribution in [0.5, 0.6) is 0 Å². The van der Waals surface area contributed by atoms with Crippen LogP contribution in [0.1, 0.15) is 10.6 Å². The molecular formula is C14H13N3O3. The Bertz CT molecular complexity index is 620. The van der Waals surface area contributed by atoms with E-state index < -0.39 is 0 Å². The number of rotatable bonds is 3. The summed E-state index contributed by atoms with van der Waals surface area (Å²) in [5, 5.41) is 5.46. The number of hydrogen-bond donors (Lipinski definition) is 2. The molecule has 1 fully saturated rings. The molecule has 102 valence electrons. The number of amides is 3. The minimum absolute atomic E-state index is 0.0997. The van der Waals surface area contributed by atoms with Crippen molar-refractivity contribution in [3.8, 4) is 0 Å². The molecule has 1 aliphatic rings. The molecule has 0 bridgehead atoms. The molecule has 20 heavy (non-hydrogen) atoms. The molecule has 0 unspecified atom stereocenters. The number of urea groups is 1. The predicted molar refractivity (Wildman–Crippen MR) is 73.8 cm³/mol. The fourth-order valence-electron chi connectivity index (χ4n) is 2.04. The van der Waals surface area contributed by atoms with Gasteiger partial charge in [0.25, 0.3) is 5.91 Å². The van der Waals surface area contributed by atoms with Crippen molar-refractivity contribution < 1.29 is 14.0 Å². The summed E-state index contributed by atoms with van der Waals surface area (Å²) >= 11 is 0. The first kappa shape index (κ1) is 12.3. The standard InChI is InChI=1S/C14H13N3O3/c18-13(12-2-1-9-20-12)16-10-3-5-11(6-4-10)17-8-7-15-14(17)19/h1-6,9H,7-8H2,(H,15,19)(H,16,18). The molecule has 2 heterocycles. The molecule has 1 aliphatic heterocycles. The van der Waals surface area contributed by atoms with Crippen molar-refractivity contribution in [2.75, 3.05) is 23.3 Å². The van der Waals surface area contributed by atoms with E-state index in [1.165, 1.54) is 6.26 Å². The van der Waals surface area contributed by atoms with Gasteiger partial charge in [0.15, 0.2) is 5.76 Å². The summed E-state index contributed by atoms with van der Waals surface area (Å²) < 4.78 is 5.01. The average Bonchev–Trinajstić information content (AvgIpc) is 3.11. The van der Waals surface area contributed by atoms with Crippen LogP contribution in [0.25, 0.3) is 0 Å². The number of nitrogens with one attached hydrogen (secondary N) is 2. The van der Waals surface area contributed by atoms with Gasteiger partial charge in [-0.25, -0.2) is 4.79 Å². The molecule has 2 N–H and O–H groups in total. The SMILES string of the molecule is O=C(Nc1ccc(N2CCNC2=O)cc1)c1ccco1. The number of anilines is 2. The topological polar surface area (TPSA) is 74.6 Å². The number of carbonyl (C=O) groups is 2. The van der Waals surface area contributed by atoms with Crippen LogP contribution in [0.3, 0.4) is 0 Å². The van der Waals surface area contributed by atoms with Crippen molar-refractivity contribution >= 4 is 23.3 Å². The van der Waals surface area contributed by atoms with E-state index in [-0.39, 0.29) is 17.7 Å². The fourth-order valence-corrected chi connectivity index (χ4v) is 2.04. The highest BCUT2D eigenvalue weighted by molar-refractivity contribution is 6.02. The van der Waals surface area contributed by atoms with E-state index in [4.69, 9.17) is 4.42 Å². The van der Waals surface area contributed by atoms with Crippen molar-refractivity contribution in [2.45, 2.75) is 0 Å². The van der Waals surface area contributed by atoms with Crippen molar-refractivity contribution in [2.24, 2.45) is 0 Å². The lowest BCUT2D eigenvalue weighted by Crippen LogP contribution is -2.27. The molecule has 0 aliphatic carbocycles. The molecule has 6 nitrogen and oxygen atoms in total. The van der Waals surface area contributed by atoms with Crippen molar-refractivity contribution in [3.63, 3.8) is 0 Å². The lowest BCUT2D eigenvalue weighted by atomic mass is 10.2. The van der Waals surface area contributed by atoms with Crippen molar-refractivity contribution in [1.82, 2.24) is 5.32 Å². The van der Waals surface area contributed by atoms with E-state index in [0.29, 0.717) is 18.8 Å². The van der Waals surface area contributed by atoms with E-state index in [1.54, 1.807) is 41.3 Å². The lowest BCUT2D eigenvalue weighted by Gasteiger charge is -2.14. The summed E-state index contributed by atoms with van der Waals surface area (Å²) in [4.78, 5) is 25.0. The summed E-state index contributed by atoms with van der Waals surface area (Å²) in [5.74, 6) is -0.0466. The van der Waals surface area contributed by atoms with Crippen LogP contribution in [0, 0.1) is 0 Å². The highest BCUT2D eigenvalue weighted by Crippen LogP contribution is 2.20. The average molecular weight is 271 g/mol. The second-order valence-electron chi connectivity index (χ2n) is 4.36. The largest absolute Gasteiger partial charge is 0.459 e. The first-order valence-electron chi connectivity index (χ1n) is 6.24. The van der Waals surface area contributed by atoms with Gasteiger partial charge in [-0.05, 0) is 36.4 Å². The maximum atomic E-state index is 11.8. The van der Waals surface area contributed by atoms with Crippen LogP contribution < -0.4 is 15.5 Å². The quantitative estimate of drug-likeness (QED) is 0.897. The Morgan fingerprint density at radius 3 is 2.65 bits per heavy atom. The van der Waals surface area contributed by atoms with E-state index in [0.717, 1.165) is 5.69 Å². The molecule has 3 rings (SSSR count). The number of carbonyl (C=O) groups excluding carboxylic acids is 2. The smallest absolute Gasteiger partial charge is 0.321 e. The third kappa shape index (κ3) is 2.35. The zero-order valence-corrected chi connectivity index (χ0v) is 10.6. The summed E-state index contributed by atoms with van der Waals surface area (Å²) in [6.07, 6.45) is 1.45. The van der Waals surface area contributed by atoms with E-state index in [1.807, 2.05) is 0 Å². The number of nitrogens with zero attached hydrogens (tertiary/aromatic N) is 1. The molecular weight excluding hydrogens is 258 g/mol. The third-order valence-electron chi connectivity index (χ3n) is 3.04. The van der Waals surface area contributed by atoms with Crippen molar-refractivity contribution in [3.05, 3.63) is 48.4 Å². The molecule has 1 aromatic heterocycles. The van der Waals surface area contributed by atoms with Gasteiger partial charge in [0.1, 0.15) is 0 Å². The molecule has 2 aromatic rings. The maximum absolute atomic E-state index is 11.8. The minimum atomic E-state index is -0.304.